The third-order valence-corrected chi connectivity index (χ3v) is 3.61. The molecule has 2 aromatic carbocycles. The maximum absolute atomic E-state index is 13.2. The number of anilines is 4. The molecule has 0 unspecified atom stereocenters. The number of nitrogens with one attached hydrogen (secondary N) is 2. The lowest BCUT2D eigenvalue weighted by Crippen LogP contribution is -2.10. The lowest BCUT2D eigenvalue weighted by atomic mass is 10.1. The summed E-state index contributed by atoms with van der Waals surface area (Å²) >= 11 is 5.67. The Bertz CT molecular complexity index is 999. The lowest BCUT2D eigenvalue weighted by molar-refractivity contribution is -0.136. The highest BCUT2D eigenvalue weighted by Gasteiger charge is 2.34. The van der Waals surface area contributed by atoms with E-state index in [4.69, 9.17) is 16.9 Å². The molecule has 6 nitrogen and oxygen atoms in total. The van der Waals surface area contributed by atoms with Gasteiger partial charge in [0.05, 0.1) is 29.1 Å². The summed E-state index contributed by atoms with van der Waals surface area (Å²) in [6.07, 6.45) is -3.39. The van der Waals surface area contributed by atoms with Gasteiger partial charge in [0.15, 0.2) is 5.82 Å². The van der Waals surface area contributed by atoms with Crippen LogP contribution in [-0.4, -0.2) is 15.2 Å². The summed E-state index contributed by atoms with van der Waals surface area (Å²) in [5, 5.41) is 21.7. The van der Waals surface area contributed by atoms with Crippen LogP contribution in [0.1, 0.15) is 11.1 Å². The number of nitriles is 1. The van der Waals surface area contributed by atoms with E-state index in [1.165, 1.54) is 18.3 Å². The molecule has 0 amide bonds. The Labute approximate surface area is 156 Å². The van der Waals surface area contributed by atoms with E-state index in [1.807, 2.05) is 6.07 Å². The second kappa shape index (κ2) is 7.47. The fourth-order valence-corrected chi connectivity index (χ4v) is 2.34. The largest absolute Gasteiger partial charge is 0.418 e. The van der Waals surface area contributed by atoms with Crippen molar-refractivity contribution in [1.82, 2.24) is 15.2 Å². The van der Waals surface area contributed by atoms with Crippen LogP contribution in [0.2, 0.25) is 5.02 Å². The van der Waals surface area contributed by atoms with Gasteiger partial charge < -0.3 is 10.6 Å². The van der Waals surface area contributed by atoms with Crippen LogP contribution in [0.5, 0.6) is 0 Å². The van der Waals surface area contributed by atoms with Crippen LogP contribution in [0.3, 0.4) is 0 Å². The molecular weight excluding hydrogens is 381 g/mol. The quantitative estimate of drug-likeness (QED) is 0.658. The monoisotopic (exact) mass is 390 g/mol. The first-order valence-corrected chi connectivity index (χ1v) is 7.83. The van der Waals surface area contributed by atoms with Gasteiger partial charge in [-0.1, -0.05) is 11.6 Å². The van der Waals surface area contributed by atoms with Crippen molar-refractivity contribution in [2.24, 2.45) is 0 Å². The van der Waals surface area contributed by atoms with Crippen LogP contribution < -0.4 is 10.6 Å². The van der Waals surface area contributed by atoms with Gasteiger partial charge in [-0.15, -0.1) is 5.10 Å². The molecule has 0 aliphatic carbocycles. The molecule has 10 heteroatoms. The van der Waals surface area contributed by atoms with Crippen molar-refractivity contribution in [1.29, 1.82) is 5.26 Å². The number of aromatic nitrogens is 3. The smallest absolute Gasteiger partial charge is 0.338 e. The van der Waals surface area contributed by atoms with Crippen molar-refractivity contribution >= 4 is 34.7 Å². The second-order valence-corrected chi connectivity index (χ2v) is 5.73. The van der Waals surface area contributed by atoms with Gasteiger partial charge in [0, 0.05) is 10.7 Å². The number of nitrogens with zero attached hydrogens (tertiary/aromatic N) is 4. The average Bonchev–Trinajstić information content (AvgIpc) is 2.63. The van der Waals surface area contributed by atoms with Crippen molar-refractivity contribution in [2.75, 3.05) is 10.6 Å². The van der Waals surface area contributed by atoms with Gasteiger partial charge in [-0.3, -0.25) is 0 Å². The fraction of sp³-hybridized carbons (Fsp3) is 0.0588. The van der Waals surface area contributed by atoms with Crippen LogP contribution in [0.15, 0.2) is 48.7 Å². The van der Waals surface area contributed by atoms with Crippen molar-refractivity contribution in [2.45, 2.75) is 6.18 Å². The van der Waals surface area contributed by atoms with Crippen LogP contribution in [0, 0.1) is 11.3 Å². The Morgan fingerprint density at radius 2 is 1.78 bits per heavy atom. The summed E-state index contributed by atoms with van der Waals surface area (Å²) < 4.78 is 39.5. The zero-order chi connectivity index (χ0) is 19.4. The number of rotatable bonds is 4. The molecule has 0 bridgehead atoms. The number of hydrogen-bond donors (Lipinski definition) is 2. The molecule has 0 atom stereocenters. The van der Waals surface area contributed by atoms with Gasteiger partial charge in [-0.2, -0.15) is 28.5 Å². The van der Waals surface area contributed by atoms with Gasteiger partial charge in [0.1, 0.15) is 0 Å². The summed E-state index contributed by atoms with van der Waals surface area (Å²) in [7, 11) is 0. The first kappa shape index (κ1) is 18.4. The van der Waals surface area contributed by atoms with Gasteiger partial charge in [-0.05, 0) is 42.5 Å². The Morgan fingerprint density at radius 1 is 1.04 bits per heavy atom. The highest BCUT2D eigenvalue weighted by molar-refractivity contribution is 6.30. The van der Waals surface area contributed by atoms with Crippen molar-refractivity contribution in [3.05, 3.63) is 64.8 Å². The third kappa shape index (κ3) is 4.62. The summed E-state index contributed by atoms with van der Waals surface area (Å²) in [4.78, 5) is 4.09. The maximum atomic E-state index is 13.2. The number of alkyl halides is 3. The lowest BCUT2D eigenvalue weighted by Gasteiger charge is -2.14. The Balaban J connectivity index is 1.83. The molecular formula is C17H10ClF3N6. The van der Waals surface area contributed by atoms with E-state index >= 15 is 0 Å². The molecule has 3 rings (SSSR count). The summed E-state index contributed by atoms with van der Waals surface area (Å²) in [6.45, 7) is 0. The van der Waals surface area contributed by atoms with Gasteiger partial charge in [-0.25, -0.2) is 0 Å². The van der Waals surface area contributed by atoms with Gasteiger partial charge in [0.2, 0.25) is 5.95 Å². The zero-order valence-electron chi connectivity index (χ0n) is 13.4. The molecule has 0 fully saturated rings. The Hall–Kier alpha value is -3.38. The van der Waals surface area contributed by atoms with Crippen LogP contribution in [-0.2, 0) is 6.18 Å². The minimum Gasteiger partial charge on any atom is -0.338 e. The van der Waals surface area contributed by atoms with E-state index in [9.17, 15) is 13.2 Å². The van der Waals surface area contributed by atoms with Crippen LogP contribution >= 0.6 is 11.6 Å². The van der Waals surface area contributed by atoms with Crippen molar-refractivity contribution in [3.8, 4) is 6.07 Å². The second-order valence-electron chi connectivity index (χ2n) is 5.29. The van der Waals surface area contributed by atoms with Crippen molar-refractivity contribution < 1.29 is 13.2 Å². The molecule has 27 heavy (non-hydrogen) atoms. The molecule has 0 saturated heterocycles. The summed E-state index contributed by atoms with van der Waals surface area (Å²) in [5.74, 6) is 0.140. The van der Waals surface area contributed by atoms with Gasteiger partial charge in [0.25, 0.3) is 0 Å². The number of halogens is 4. The van der Waals surface area contributed by atoms with Crippen LogP contribution in [0.4, 0.5) is 36.3 Å². The summed E-state index contributed by atoms with van der Waals surface area (Å²) in [6, 6.07) is 11.8. The molecule has 1 heterocycles. The highest BCUT2D eigenvalue weighted by Crippen LogP contribution is 2.37. The molecule has 1 aromatic heterocycles. The molecule has 136 valence electrons. The standard InChI is InChI=1S/C17H10ClF3N6/c18-11-3-6-14(13(7-11)17(19,20)21)25-15-9-23-27-16(26-15)24-12-4-1-10(8-22)2-5-12/h1-7,9H,(H2,24,25,26,27). The minimum absolute atomic E-state index is 0.0307. The van der Waals surface area contributed by atoms with Crippen molar-refractivity contribution in [3.63, 3.8) is 0 Å². The molecule has 0 radical (unpaired) electrons. The molecule has 2 N–H and O–H groups in total. The van der Waals surface area contributed by atoms with E-state index in [2.05, 4.69) is 25.8 Å². The number of benzene rings is 2. The highest BCUT2D eigenvalue weighted by atomic mass is 35.5. The normalized spacial score (nSPS) is 10.9. The molecule has 0 aliphatic rings. The van der Waals surface area contributed by atoms with Gasteiger partial charge >= 0.3 is 6.18 Å². The molecule has 0 saturated carbocycles. The Kier molecular flexibility index (Phi) is 5.09. The predicted octanol–water partition coefficient (Wildman–Crippen LogP) is 4.90. The topological polar surface area (TPSA) is 86.5 Å². The van der Waals surface area contributed by atoms with E-state index in [1.54, 1.807) is 24.3 Å². The maximum Gasteiger partial charge on any atom is 0.418 e. The van der Waals surface area contributed by atoms with Crippen LogP contribution in [0.25, 0.3) is 0 Å². The number of hydrogen-bond acceptors (Lipinski definition) is 6. The fourth-order valence-electron chi connectivity index (χ4n) is 2.17. The zero-order valence-corrected chi connectivity index (χ0v) is 14.2. The first-order valence-electron chi connectivity index (χ1n) is 7.46. The molecule has 3 aromatic rings. The molecule has 0 aliphatic heterocycles. The van der Waals surface area contributed by atoms with E-state index in [-0.39, 0.29) is 22.5 Å². The van der Waals surface area contributed by atoms with E-state index < -0.39 is 11.7 Å². The Morgan fingerprint density at radius 3 is 2.44 bits per heavy atom. The molecule has 0 spiro atoms. The summed E-state index contributed by atoms with van der Waals surface area (Å²) in [5.41, 5.74) is -0.0558. The third-order valence-electron chi connectivity index (χ3n) is 3.38. The first-order chi connectivity index (χ1) is 12.8. The average molecular weight is 391 g/mol. The SMILES string of the molecule is N#Cc1ccc(Nc2nncc(Nc3ccc(Cl)cc3C(F)(F)F)n2)cc1. The van der Waals surface area contributed by atoms with E-state index in [0.29, 0.717) is 11.3 Å². The minimum atomic E-state index is -4.59. The predicted molar refractivity (Wildman–Crippen MR) is 94.0 cm³/mol. The van der Waals surface area contributed by atoms with E-state index in [0.717, 1.165) is 6.07 Å².